The molecule has 0 aliphatic carbocycles. The van der Waals surface area contributed by atoms with Crippen molar-refractivity contribution >= 4 is 5.96 Å². The van der Waals surface area contributed by atoms with Crippen LogP contribution in [0.5, 0.6) is 0 Å². The lowest BCUT2D eigenvalue weighted by atomic mass is 9.89. The van der Waals surface area contributed by atoms with E-state index in [1.54, 1.807) is 0 Å². The number of guanidine groups is 1. The third-order valence-corrected chi connectivity index (χ3v) is 4.67. The molecule has 1 fully saturated rings. The second-order valence-electron chi connectivity index (χ2n) is 6.78. The smallest absolute Gasteiger partial charge is 0.191 e. The summed E-state index contributed by atoms with van der Waals surface area (Å²) in [7, 11) is 0. The van der Waals surface area contributed by atoms with Gasteiger partial charge in [0, 0.05) is 31.7 Å². The van der Waals surface area contributed by atoms with Crippen LogP contribution < -0.4 is 10.6 Å². The largest absolute Gasteiger partial charge is 0.373 e. The maximum atomic E-state index is 6.10. The molecule has 0 radical (unpaired) electrons. The van der Waals surface area contributed by atoms with Crippen molar-refractivity contribution in [3.63, 3.8) is 0 Å². The van der Waals surface area contributed by atoms with E-state index in [9.17, 15) is 0 Å². The fourth-order valence-corrected chi connectivity index (χ4v) is 3.02. The highest BCUT2D eigenvalue weighted by molar-refractivity contribution is 5.80. The Kier molecular flexibility index (Phi) is 7.57. The molecule has 0 bridgehead atoms. The lowest BCUT2D eigenvalue weighted by Crippen LogP contribution is -2.42. The summed E-state index contributed by atoms with van der Waals surface area (Å²) in [6.07, 6.45) is 3.54. The molecule has 1 aliphatic rings. The van der Waals surface area contributed by atoms with Crippen LogP contribution in [0, 0.1) is 12.8 Å². The number of hydrogen-bond donors (Lipinski definition) is 2. The second-order valence-corrected chi connectivity index (χ2v) is 6.78. The van der Waals surface area contributed by atoms with Gasteiger partial charge in [-0.25, -0.2) is 0 Å². The molecule has 24 heavy (non-hydrogen) atoms. The maximum Gasteiger partial charge on any atom is 0.191 e. The molecule has 2 rings (SSSR count). The van der Waals surface area contributed by atoms with E-state index in [1.807, 2.05) is 0 Å². The molecular formula is C20H33N3O. The summed E-state index contributed by atoms with van der Waals surface area (Å²) in [5.74, 6) is 1.36. The van der Waals surface area contributed by atoms with E-state index in [1.165, 1.54) is 17.5 Å². The van der Waals surface area contributed by atoms with Gasteiger partial charge >= 0.3 is 0 Å². The first-order valence-electron chi connectivity index (χ1n) is 9.37. The first kappa shape index (κ1) is 18.8. The molecule has 1 aliphatic heterocycles. The molecule has 2 N–H and O–H groups in total. The van der Waals surface area contributed by atoms with Crippen molar-refractivity contribution in [3.8, 4) is 0 Å². The zero-order valence-electron chi connectivity index (χ0n) is 15.6. The number of ether oxygens (including phenoxy) is 1. The predicted molar refractivity (Wildman–Crippen MR) is 101 cm³/mol. The Morgan fingerprint density at radius 2 is 2.04 bits per heavy atom. The van der Waals surface area contributed by atoms with Crippen molar-refractivity contribution in [2.24, 2.45) is 10.9 Å². The second kappa shape index (κ2) is 9.67. The molecule has 0 amide bonds. The van der Waals surface area contributed by atoms with Crippen LogP contribution in [0.25, 0.3) is 0 Å². The van der Waals surface area contributed by atoms with Crippen LogP contribution in [-0.4, -0.2) is 31.7 Å². The standard InChI is InChI=1S/C20H33N3O/c1-5-16(4)23-20(21-6-2)22-14-18-8-7-13-24-19(18)17-11-9-15(3)10-12-17/h9-12,16,18-19H,5-8,13-14H2,1-4H3,(H2,21,22,23). The molecule has 1 aromatic carbocycles. The topological polar surface area (TPSA) is 45.7 Å². The molecular weight excluding hydrogens is 298 g/mol. The molecule has 1 saturated heterocycles. The van der Waals surface area contributed by atoms with Gasteiger partial charge in [0.05, 0.1) is 6.10 Å². The molecule has 0 saturated carbocycles. The van der Waals surface area contributed by atoms with Crippen molar-refractivity contribution in [2.75, 3.05) is 19.7 Å². The average Bonchev–Trinajstić information content (AvgIpc) is 2.61. The Morgan fingerprint density at radius 3 is 2.71 bits per heavy atom. The lowest BCUT2D eigenvalue weighted by molar-refractivity contribution is -0.0250. The molecule has 3 atom stereocenters. The maximum absolute atomic E-state index is 6.10. The quantitative estimate of drug-likeness (QED) is 0.615. The van der Waals surface area contributed by atoms with Gasteiger partial charge in [-0.05, 0) is 45.6 Å². The summed E-state index contributed by atoms with van der Waals surface area (Å²) in [5, 5.41) is 6.81. The first-order chi connectivity index (χ1) is 11.6. The first-order valence-corrected chi connectivity index (χ1v) is 9.37. The van der Waals surface area contributed by atoms with Crippen molar-refractivity contribution in [1.29, 1.82) is 0 Å². The van der Waals surface area contributed by atoms with Crippen LogP contribution in [0.1, 0.15) is 57.3 Å². The number of nitrogens with zero attached hydrogens (tertiary/aromatic N) is 1. The van der Waals surface area contributed by atoms with Gasteiger partial charge < -0.3 is 15.4 Å². The van der Waals surface area contributed by atoms with Crippen LogP contribution in [-0.2, 0) is 4.74 Å². The highest BCUT2D eigenvalue weighted by Gasteiger charge is 2.27. The number of nitrogens with one attached hydrogen (secondary N) is 2. The van der Waals surface area contributed by atoms with Gasteiger partial charge in [-0.2, -0.15) is 0 Å². The zero-order valence-corrected chi connectivity index (χ0v) is 15.6. The van der Waals surface area contributed by atoms with E-state index < -0.39 is 0 Å². The fourth-order valence-electron chi connectivity index (χ4n) is 3.02. The van der Waals surface area contributed by atoms with Gasteiger partial charge in [-0.1, -0.05) is 36.8 Å². The zero-order chi connectivity index (χ0) is 17.4. The molecule has 1 aromatic rings. The lowest BCUT2D eigenvalue weighted by Gasteiger charge is -2.31. The summed E-state index contributed by atoms with van der Waals surface area (Å²) in [4.78, 5) is 4.83. The van der Waals surface area contributed by atoms with E-state index in [4.69, 9.17) is 9.73 Å². The SMILES string of the molecule is CCNC(=NCC1CCCOC1c1ccc(C)cc1)NC(C)CC. The third-order valence-electron chi connectivity index (χ3n) is 4.67. The third kappa shape index (κ3) is 5.52. The number of aryl methyl sites for hydroxylation is 1. The highest BCUT2D eigenvalue weighted by Crippen LogP contribution is 2.33. The molecule has 0 aromatic heterocycles. The molecule has 4 nitrogen and oxygen atoms in total. The molecule has 4 heteroatoms. The van der Waals surface area contributed by atoms with Crippen molar-refractivity contribution in [1.82, 2.24) is 10.6 Å². The van der Waals surface area contributed by atoms with Crippen molar-refractivity contribution < 1.29 is 4.74 Å². The summed E-state index contributed by atoms with van der Waals surface area (Å²) in [6.45, 7) is 11.1. The van der Waals surface area contributed by atoms with Crippen molar-refractivity contribution in [2.45, 2.75) is 59.1 Å². The monoisotopic (exact) mass is 331 g/mol. The Hall–Kier alpha value is -1.55. The minimum atomic E-state index is 0.162. The van der Waals surface area contributed by atoms with E-state index in [-0.39, 0.29) is 6.10 Å². The molecule has 134 valence electrons. The average molecular weight is 332 g/mol. The molecule has 1 heterocycles. The van der Waals surface area contributed by atoms with Crippen LogP contribution in [0.3, 0.4) is 0 Å². The predicted octanol–water partition coefficient (Wildman–Crippen LogP) is 3.82. The Labute approximate surface area is 147 Å². The summed E-state index contributed by atoms with van der Waals surface area (Å²) >= 11 is 0. The fraction of sp³-hybridized carbons (Fsp3) is 0.650. The Bertz CT molecular complexity index is 512. The van der Waals surface area contributed by atoms with E-state index in [2.05, 4.69) is 62.6 Å². The summed E-state index contributed by atoms with van der Waals surface area (Å²) in [5.41, 5.74) is 2.57. The number of benzene rings is 1. The van der Waals surface area contributed by atoms with Gasteiger partial charge in [0.25, 0.3) is 0 Å². The molecule has 3 unspecified atom stereocenters. The van der Waals surface area contributed by atoms with Gasteiger partial charge in [-0.3, -0.25) is 4.99 Å². The highest BCUT2D eigenvalue weighted by atomic mass is 16.5. The summed E-state index contributed by atoms with van der Waals surface area (Å²) < 4.78 is 6.10. The van der Waals surface area contributed by atoms with Crippen molar-refractivity contribution in [3.05, 3.63) is 35.4 Å². The van der Waals surface area contributed by atoms with Gasteiger partial charge in [-0.15, -0.1) is 0 Å². The van der Waals surface area contributed by atoms with Crippen LogP contribution in [0.4, 0.5) is 0 Å². The minimum absolute atomic E-state index is 0.162. The number of rotatable bonds is 6. The van der Waals surface area contributed by atoms with Crippen LogP contribution in [0.2, 0.25) is 0 Å². The van der Waals surface area contributed by atoms with Crippen LogP contribution in [0.15, 0.2) is 29.3 Å². The van der Waals surface area contributed by atoms with E-state index >= 15 is 0 Å². The summed E-state index contributed by atoms with van der Waals surface area (Å²) in [6, 6.07) is 9.16. The van der Waals surface area contributed by atoms with Gasteiger partial charge in [0.15, 0.2) is 5.96 Å². The number of aliphatic imine (C=N–C) groups is 1. The number of hydrogen-bond acceptors (Lipinski definition) is 2. The minimum Gasteiger partial charge on any atom is -0.373 e. The molecule has 0 spiro atoms. The van der Waals surface area contributed by atoms with E-state index in [0.29, 0.717) is 12.0 Å². The van der Waals surface area contributed by atoms with Gasteiger partial charge in [0.2, 0.25) is 0 Å². The normalized spacial score (nSPS) is 22.9. The van der Waals surface area contributed by atoms with E-state index in [0.717, 1.165) is 38.5 Å². The Balaban J connectivity index is 2.06. The Morgan fingerprint density at radius 1 is 1.29 bits per heavy atom. The van der Waals surface area contributed by atoms with Gasteiger partial charge in [0.1, 0.15) is 0 Å². The van der Waals surface area contributed by atoms with Crippen LogP contribution >= 0.6 is 0 Å².